The van der Waals surface area contributed by atoms with Crippen LogP contribution in [0.2, 0.25) is 0 Å². The quantitative estimate of drug-likeness (QED) is 0.399. The molecule has 0 spiro atoms. The van der Waals surface area contributed by atoms with E-state index >= 15 is 0 Å². The molecule has 28 heavy (non-hydrogen) atoms. The summed E-state index contributed by atoms with van der Waals surface area (Å²) in [6, 6.07) is 10.2. The van der Waals surface area contributed by atoms with Crippen molar-refractivity contribution < 1.29 is 14.3 Å². The molecule has 0 aliphatic carbocycles. The number of amides is 1. The Morgan fingerprint density at radius 1 is 1.07 bits per heavy atom. The third-order valence-corrected chi connectivity index (χ3v) is 4.51. The van der Waals surface area contributed by atoms with Gasteiger partial charge >= 0.3 is 6.09 Å². The normalized spacial score (nSPS) is 14.9. The Kier molecular flexibility index (Phi) is 10.2. The van der Waals surface area contributed by atoms with Crippen molar-refractivity contribution in [3.05, 3.63) is 35.9 Å². The van der Waals surface area contributed by atoms with Crippen molar-refractivity contribution in [2.45, 2.75) is 33.3 Å². The van der Waals surface area contributed by atoms with Crippen LogP contribution in [0.3, 0.4) is 0 Å². The Bertz CT molecular complexity index is 587. The summed E-state index contributed by atoms with van der Waals surface area (Å²) in [7, 11) is 0. The van der Waals surface area contributed by atoms with Crippen molar-refractivity contribution in [3.8, 4) is 0 Å². The standard InChI is InChI=1S/C21H34N4O3/c1-3-22-20(24-13-15-25(16-14-24)21(26)28-4-2)23-12-8-9-17-27-18-19-10-6-5-7-11-19/h5-7,10-11H,3-4,8-9,12-18H2,1-2H3,(H,22,23). The van der Waals surface area contributed by atoms with Crippen molar-refractivity contribution in [2.75, 3.05) is 52.5 Å². The van der Waals surface area contributed by atoms with Crippen molar-refractivity contribution in [1.29, 1.82) is 0 Å². The lowest BCUT2D eigenvalue weighted by Crippen LogP contribution is -2.53. The summed E-state index contributed by atoms with van der Waals surface area (Å²) in [6.45, 7) is 10.2. The lowest BCUT2D eigenvalue weighted by atomic mass is 10.2. The molecule has 1 heterocycles. The lowest BCUT2D eigenvalue weighted by Gasteiger charge is -2.35. The molecule has 0 saturated carbocycles. The zero-order valence-corrected chi connectivity index (χ0v) is 17.2. The summed E-state index contributed by atoms with van der Waals surface area (Å²) in [6.07, 6.45) is 1.76. The molecular weight excluding hydrogens is 356 g/mol. The highest BCUT2D eigenvalue weighted by atomic mass is 16.6. The van der Waals surface area contributed by atoms with Crippen molar-refractivity contribution >= 4 is 12.1 Å². The van der Waals surface area contributed by atoms with Crippen LogP contribution in [0.15, 0.2) is 35.3 Å². The van der Waals surface area contributed by atoms with Crippen molar-refractivity contribution in [1.82, 2.24) is 15.1 Å². The summed E-state index contributed by atoms with van der Waals surface area (Å²) < 4.78 is 10.8. The first-order chi connectivity index (χ1) is 13.7. The highest BCUT2D eigenvalue weighted by molar-refractivity contribution is 5.80. The van der Waals surface area contributed by atoms with Gasteiger partial charge in [0.05, 0.1) is 13.2 Å². The zero-order chi connectivity index (χ0) is 20.0. The first-order valence-corrected chi connectivity index (χ1v) is 10.3. The number of rotatable bonds is 9. The van der Waals surface area contributed by atoms with Gasteiger partial charge in [-0.15, -0.1) is 0 Å². The first kappa shape index (κ1) is 22.0. The number of hydrogen-bond acceptors (Lipinski definition) is 4. The molecule has 0 radical (unpaired) electrons. The van der Waals surface area contributed by atoms with Gasteiger partial charge in [-0.05, 0) is 32.3 Å². The van der Waals surface area contributed by atoms with E-state index in [9.17, 15) is 4.79 Å². The number of aliphatic imine (C=N–C) groups is 1. The van der Waals surface area contributed by atoms with E-state index in [4.69, 9.17) is 14.5 Å². The van der Waals surface area contributed by atoms with Gasteiger partial charge in [0.15, 0.2) is 5.96 Å². The van der Waals surface area contributed by atoms with E-state index < -0.39 is 0 Å². The second-order valence-corrected chi connectivity index (χ2v) is 6.65. The second-order valence-electron chi connectivity index (χ2n) is 6.65. The topological polar surface area (TPSA) is 66.4 Å². The molecule has 7 heteroatoms. The maximum absolute atomic E-state index is 11.8. The fourth-order valence-electron chi connectivity index (χ4n) is 3.01. The molecule has 0 atom stereocenters. The van der Waals surface area contributed by atoms with E-state index in [1.54, 1.807) is 4.90 Å². The van der Waals surface area contributed by atoms with Gasteiger partial charge < -0.3 is 24.6 Å². The van der Waals surface area contributed by atoms with Gasteiger partial charge in [-0.3, -0.25) is 4.99 Å². The number of guanidine groups is 1. The SMILES string of the molecule is CCNC(=NCCCCOCc1ccccc1)N1CCN(C(=O)OCC)CC1. The van der Waals surface area contributed by atoms with E-state index in [1.165, 1.54) is 5.56 Å². The van der Waals surface area contributed by atoms with Crippen LogP contribution >= 0.6 is 0 Å². The maximum atomic E-state index is 11.8. The fourth-order valence-corrected chi connectivity index (χ4v) is 3.01. The molecule has 0 bridgehead atoms. The van der Waals surface area contributed by atoms with E-state index in [-0.39, 0.29) is 6.09 Å². The largest absolute Gasteiger partial charge is 0.450 e. The molecule has 0 aromatic heterocycles. The van der Waals surface area contributed by atoms with Gasteiger partial charge in [-0.25, -0.2) is 4.79 Å². The summed E-state index contributed by atoms with van der Waals surface area (Å²) in [5.74, 6) is 0.927. The van der Waals surface area contributed by atoms with Gasteiger partial charge in [-0.2, -0.15) is 0 Å². The van der Waals surface area contributed by atoms with E-state index in [0.29, 0.717) is 26.3 Å². The lowest BCUT2D eigenvalue weighted by molar-refractivity contribution is 0.0914. The molecule has 1 aliphatic heterocycles. The number of unbranched alkanes of at least 4 members (excludes halogenated alkanes) is 1. The Morgan fingerprint density at radius 3 is 2.46 bits per heavy atom. The van der Waals surface area contributed by atoms with Crippen LogP contribution in [-0.4, -0.2) is 74.3 Å². The van der Waals surface area contributed by atoms with Gasteiger partial charge in [0.25, 0.3) is 0 Å². The minimum Gasteiger partial charge on any atom is -0.450 e. The summed E-state index contributed by atoms with van der Waals surface area (Å²) in [4.78, 5) is 20.5. The van der Waals surface area contributed by atoms with Crippen LogP contribution in [0.1, 0.15) is 32.3 Å². The number of nitrogens with one attached hydrogen (secondary N) is 1. The van der Waals surface area contributed by atoms with Gasteiger partial charge in [0, 0.05) is 45.9 Å². The molecule has 1 amide bonds. The highest BCUT2D eigenvalue weighted by Crippen LogP contribution is 2.05. The zero-order valence-electron chi connectivity index (χ0n) is 17.2. The predicted octanol–water partition coefficient (Wildman–Crippen LogP) is 2.72. The number of piperazine rings is 1. The Hall–Kier alpha value is -2.28. The monoisotopic (exact) mass is 390 g/mol. The molecule has 2 rings (SSSR count). The highest BCUT2D eigenvalue weighted by Gasteiger charge is 2.23. The van der Waals surface area contributed by atoms with Gasteiger partial charge in [0.2, 0.25) is 0 Å². The number of nitrogens with zero attached hydrogens (tertiary/aromatic N) is 3. The van der Waals surface area contributed by atoms with Crippen LogP contribution in [0.25, 0.3) is 0 Å². The molecule has 1 saturated heterocycles. The molecular formula is C21H34N4O3. The van der Waals surface area contributed by atoms with Gasteiger partial charge in [0.1, 0.15) is 0 Å². The van der Waals surface area contributed by atoms with E-state index in [2.05, 4.69) is 29.3 Å². The Labute approximate surface area is 168 Å². The van der Waals surface area contributed by atoms with E-state index in [0.717, 1.165) is 51.6 Å². The van der Waals surface area contributed by atoms with Crippen LogP contribution in [0.5, 0.6) is 0 Å². The molecule has 0 unspecified atom stereocenters. The van der Waals surface area contributed by atoms with Crippen LogP contribution in [0.4, 0.5) is 4.79 Å². The molecule has 156 valence electrons. The van der Waals surface area contributed by atoms with E-state index in [1.807, 2.05) is 25.1 Å². The molecule has 1 N–H and O–H groups in total. The third-order valence-electron chi connectivity index (χ3n) is 4.51. The first-order valence-electron chi connectivity index (χ1n) is 10.3. The predicted molar refractivity (Wildman–Crippen MR) is 111 cm³/mol. The van der Waals surface area contributed by atoms with Crippen molar-refractivity contribution in [3.63, 3.8) is 0 Å². The summed E-state index contributed by atoms with van der Waals surface area (Å²) in [5, 5.41) is 3.36. The molecule has 7 nitrogen and oxygen atoms in total. The molecule has 1 aromatic rings. The number of carbonyl (C=O) groups excluding carboxylic acids is 1. The Morgan fingerprint density at radius 2 is 1.79 bits per heavy atom. The number of hydrogen-bond donors (Lipinski definition) is 1. The maximum Gasteiger partial charge on any atom is 0.409 e. The molecule has 1 aliphatic rings. The molecule has 1 fully saturated rings. The van der Waals surface area contributed by atoms with Crippen LogP contribution in [0, 0.1) is 0 Å². The molecule has 1 aromatic carbocycles. The summed E-state index contributed by atoms with van der Waals surface area (Å²) >= 11 is 0. The number of ether oxygens (including phenoxy) is 2. The summed E-state index contributed by atoms with van der Waals surface area (Å²) in [5.41, 5.74) is 1.21. The minimum atomic E-state index is -0.223. The third kappa shape index (κ3) is 7.76. The number of carbonyl (C=O) groups is 1. The van der Waals surface area contributed by atoms with Crippen molar-refractivity contribution in [2.24, 2.45) is 4.99 Å². The second kappa shape index (κ2) is 13.0. The fraction of sp³-hybridized carbons (Fsp3) is 0.619. The van der Waals surface area contributed by atoms with Crippen LogP contribution in [-0.2, 0) is 16.1 Å². The smallest absolute Gasteiger partial charge is 0.409 e. The Balaban J connectivity index is 1.65. The van der Waals surface area contributed by atoms with Gasteiger partial charge in [-0.1, -0.05) is 30.3 Å². The minimum absolute atomic E-state index is 0.223. The van der Waals surface area contributed by atoms with Crippen LogP contribution < -0.4 is 5.32 Å². The number of benzene rings is 1. The average Bonchev–Trinajstić information content (AvgIpc) is 2.73. The average molecular weight is 391 g/mol.